The minimum Gasteiger partial charge on any atom is -0.357 e. The molecule has 0 amide bonds. The summed E-state index contributed by atoms with van der Waals surface area (Å²) in [6, 6.07) is 13.0. The zero-order valence-electron chi connectivity index (χ0n) is 9.92. The van der Waals surface area contributed by atoms with Crippen LogP contribution in [0.25, 0.3) is 0 Å². The summed E-state index contributed by atoms with van der Waals surface area (Å²) in [6.45, 7) is 0. The Morgan fingerprint density at radius 2 is 1.63 bits per heavy atom. The molecule has 0 aliphatic carbocycles. The van der Waals surface area contributed by atoms with Crippen LogP contribution in [-0.4, -0.2) is 4.98 Å². The molecule has 0 fully saturated rings. The highest BCUT2D eigenvalue weighted by molar-refractivity contribution is 7.11. The van der Waals surface area contributed by atoms with Crippen LogP contribution in [0.15, 0.2) is 53.2 Å². The summed E-state index contributed by atoms with van der Waals surface area (Å²) in [5.41, 5.74) is 0. The highest BCUT2D eigenvalue weighted by atomic mass is 32.1. The Kier molecular flexibility index (Phi) is 3.57. The molecule has 1 N–H and O–H groups in total. The van der Waals surface area contributed by atoms with Crippen molar-refractivity contribution in [2.75, 3.05) is 5.32 Å². The molecule has 3 aromatic heterocycles. The highest BCUT2D eigenvalue weighted by Crippen LogP contribution is 2.31. The van der Waals surface area contributed by atoms with Gasteiger partial charge in [0, 0.05) is 9.75 Å². The molecular weight excluding hydrogens is 279 g/mol. The Labute approximate surface area is 118 Å². The van der Waals surface area contributed by atoms with Crippen molar-refractivity contribution in [3.05, 3.63) is 68.9 Å². The molecule has 3 rings (SSSR count). The average Bonchev–Trinajstić information content (AvgIpc) is 3.10. The fourth-order valence-corrected chi connectivity index (χ4v) is 3.49. The summed E-state index contributed by atoms with van der Waals surface area (Å²) in [4.78, 5) is 6.24. The minimum absolute atomic E-state index is 0.0225. The standard InChI is InChI=1S/C14H11FN2S2/c15-12-6-1-7-13(16-12)17-14(10-4-2-8-18-10)11-5-3-9-19-11/h1-9,14H,(H,16,17). The molecule has 0 saturated carbocycles. The van der Waals surface area contributed by atoms with Gasteiger partial charge in [-0.2, -0.15) is 4.39 Å². The SMILES string of the molecule is Fc1cccc(NC(c2cccs2)c2cccs2)n1. The normalized spacial score (nSPS) is 10.8. The molecule has 3 heterocycles. The molecule has 19 heavy (non-hydrogen) atoms. The summed E-state index contributed by atoms with van der Waals surface area (Å²) in [5, 5.41) is 7.37. The Morgan fingerprint density at radius 3 is 2.16 bits per heavy atom. The third kappa shape index (κ3) is 2.83. The van der Waals surface area contributed by atoms with Gasteiger partial charge in [-0.1, -0.05) is 18.2 Å². The fraction of sp³-hybridized carbons (Fsp3) is 0.0714. The lowest BCUT2D eigenvalue weighted by atomic mass is 10.2. The molecule has 0 saturated heterocycles. The van der Waals surface area contributed by atoms with Crippen molar-refractivity contribution in [3.8, 4) is 0 Å². The third-order valence-electron chi connectivity index (χ3n) is 2.66. The van der Waals surface area contributed by atoms with E-state index >= 15 is 0 Å². The first-order chi connectivity index (χ1) is 9.33. The zero-order valence-corrected chi connectivity index (χ0v) is 11.5. The summed E-state index contributed by atoms with van der Waals surface area (Å²) < 4.78 is 13.2. The number of nitrogens with one attached hydrogen (secondary N) is 1. The van der Waals surface area contributed by atoms with Gasteiger partial charge >= 0.3 is 0 Å². The molecule has 5 heteroatoms. The van der Waals surface area contributed by atoms with E-state index in [0.29, 0.717) is 5.82 Å². The molecule has 3 aromatic rings. The minimum atomic E-state index is -0.471. The van der Waals surface area contributed by atoms with Crippen LogP contribution < -0.4 is 5.32 Å². The second-order valence-electron chi connectivity index (χ2n) is 3.95. The van der Waals surface area contributed by atoms with Crippen LogP contribution in [-0.2, 0) is 0 Å². The van der Waals surface area contributed by atoms with Crippen LogP contribution in [0.5, 0.6) is 0 Å². The van der Waals surface area contributed by atoms with Crippen molar-refractivity contribution >= 4 is 28.5 Å². The van der Waals surface area contributed by atoms with Crippen LogP contribution in [0, 0.1) is 5.95 Å². The van der Waals surface area contributed by atoms with Crippen molar-refractivity contribution in [1.82, 2.24) is 4.98 Å². The van der Waals surface area contributed by atoms with Gasteiger partial charge in [0.2, 0.25) is 5.95 Å². The van der Waals surface area contributed by atoms with Crippen LogP contribution in [0.3, 0.4) is 0 Å². The molecule has 0 aromatic carbocycles. The van der Waals surface area contributed by atoms with Gasteiger partial charge in [0.15, 0.2) is 0 Å². The predicted molar refractivity (Wildman–Crippen MR) is 78.3 cm³/mol. The smallest absolute Gasteiger partial charge is 0.214 e. The quantitative estimate of drug-likeness (QED) is 0.713. The molecule has 0 unspecified atom stereocenters. The van der Waals surface area contributed by atoms with Crippen molar-refractivity contribution in [2.45, 2.75) is 6.04 Å². The van der Waals surface area contributed by atoms with Crippen molar-refractivity contribution in [3.63, 3.8) is 0 Å². The number of pyridine rings is 1. The van der Waals surface area contributed by atoms with Crippen molar-refractivity contribution in [2.24, 2.45) is 0 Å². The second-order valence-corrected chi connectivity index (χ2v) is 5.91. The van der Waals surface area contributed by atoms with Gasteiger partial charge in [0.1, 0.15) is 5.82 Å². The molecule has 0 atom stereocenters. The summed E-state index contributed by atoms with van der Waals surface area (Å²) in [5.74, 6) is 0.0768. The predicted octanol–water partition coefficient (Wildman–Crippen LogP) is 4.55. The number of anilines is 1. The van der Waals surface area contributed by atoms with E-state index in [9.17, 15) is 4.39 Å². The fourth-order valence-electron chi connectivity index (χ4n) is 1.83. The Hall–Kier alpha value is -1.72. The molecule has 96 valence electrons. The zero-order chi connectivity index (χ0) is 13.1. The van der Waals surface area contributed by atoms with Gasteiger partial charge in [-0.15, -0.1) is 22.7 Å². The first-order valence-corrected chi connectivity index (χ1v) is 7.55. The molecule has 0 spiro atoms. The molecule has 0 aliphatic heterocycles. The Bertz CT molecular complexity index is 601. The summed E-state index contributed by atoms with van der Waals surface area (Å²) in [6.07, 6.45) is 0. The average molecular weight is 290 g/mol. The summed E-state index contributed by atoms with van der Waals surface area (Å²) >= 11 is 3.35. The van der Waals surface area contributed by atoms with Crippen LogP contribution in [0.4, 0.5) is 10.2 Å². The van der Waals surface area contributed by atoms with E-state index in [1.807, 2.05) is 22.9 Å². The van der Waals surface area contributed by atoms with E-state index in [2.05, 4.69) is 22.4 Å². The molecule has 2 nitrogen and oxygen atoms in total. The number of hydrogen-bond acceptors (Lipinski definition) is 4. The number of hydrogen-bond donors (Lipinski definition) is 1. The first-order valence-electron chi connectivity index (χ1n) is 5.79. The lowest BCUT2D eigenvalue weighted by molar-refractivity contribution is 0.584. The number of thiophene rings is 2. The number of rotatable bonds is 4. The molecule has 0 radical (unpaired) electrons. The van der Waals surface area contributed by atoms with E-state index in [0.717, 1.165) is 0 Å². The monoisotopic (exact) mass is 290 g/mol. The lowest BCUT2D eigenvalue weighted by Crippen LogP contribution is -2.10. The van der Waals surface area contributed by atoms with E-state index in [1.54, 1.807) is 34.8 Å². The summed E-state index contributed by atoms with van der Waals surface area (Å²) in [7, 11) is 0. The van der Waals surface area contributed by atoms with E-state index in [4.69, 9.17) is 0 Å². The van der Waals surface area contributed by atoms with Gasteiger partial charge in [-0.25, -0.2) is 4.98 Å². The van der Waals surface area contributed by atoms with Gasteiger partial charge in [0.25, 0.3) is 0 Å². The Balaban J connectivity index is 1.92. The number of nitrogens with zero attached hydrogens (tertiary/aromatic N) is 1. The van der Waals surface area contributed by atoms with Crippen LogP contribution >= 0.6 is 22.7 Å². The first kappa shape index (κ1) is 12.3. The maximum atomic E-state index is 13.2. The third-order valence-corrected chi connectivity index (χ3v) is 4.54. The molecule has 0 bridgehead atoms. The lowest BCUT2D eigenvalue weighted by Gasteiger charge is -2.16. The van der Waals surface area contributed by atoms with Crippen molar-refractivity contribution in [1.29, 1.82) is 0 Å². The van der Waals surface area contributed by atoms with E-state index < -0.39 is 5.95 Å². The van der Waals surface area contributed by atoms with E-state index in [-0.39, 0.29) is 6.04 Å². The van der Waals surface area contributed by atoms with Gasteiger partial charge < -0.3 is 5.32 Å². The van der Waals surface area contributed by atoms with Crippen LogP contribution in [0.1, 0.15) is 15.8 Å². The van der Waals surface area contributed by atoms with Gasteiger partial charge in [-0.05, 0) is 35.0 Å². The second kappa shape index (κ2) is 5.50. The number of aromatic nitrogens is 1. The Morgan fingerprint density at radius 1 is 0.947 bits per heavy atom. The maximum absolute atomic E-state index is 13.2. The topological polar surface area (TPSA) is 24.9 Å². The largest absolute Gasteiger partial charge is 0.357 e. The van der Waals surface area contributed by atoms with Gasteiger partial charge in [-0.3, -0.25) is 0 Å². The maximum Gasteiger partial charge on any atom is 0.214 e. The highest BCUT2D eigenvalue weighted by Gasteiger charge is 2.16. The number of halogens is 1. The van der Waals surface area contributed by atoms with Gasteiger partial charge in [0.05, 0.1) is 6.04 Å². The van der Waals surface area contributed by atoms with Crippen molar-refractivity contribution < 1.29 is 4.39 Å². The molecular formula is C14H11FN2S2. The molecule has 0 aliphatic rings. The van der Waals surface area contributed by atoms with E-state index in [1.165, 1.54) is 15.8 Å². The van der Waals surface area contributed by atoms with Crippen LogP contribution in [0.2, 0.25) is 0 Å².